The number of benzene rings is 1. The summed E-state index contributed by atoms with van der Waals surface area (Å²) in [6.07, 6.45) is 3.11. The van der Waals surface area contributed by atoms with Gasteiger partial charge in [0.2, 0.25) is 0 Å². The molecule has 0 aliphatic heterocycles. The topological polar surface area (TPSA) is 18.5 Å². The highest BCUT2D eigenvalue weighted by molar-refractivity contribution is 6.29. The zero-order valence-corrected chi connectivity index (χ0v) is 13.1. The van der Waals surface area contributed by atoms with Crippen LogP contribution in [-0.4, -0.2) is 23.5 Å². The van der Waals surface area contributed by atoms with Crippen molar-refractivity contribution >= 4 is 15.8 Å². The molecule has 18 heavy (non-hydrogen) atoms. The van der Waals surface area contributed by atoms with Crippen LogP contribution >= 0.6 is 0 Å². The van der Waals surface area contributed by atoms with Crippen LogP contribution in [0.25, 0.3) is 6.08 Å². The van der Waals surface area contributed by atoms with E-state index in [-0.39, 0.29) is 6.10 Å². The molecule has 0 amide bonds. The van der Waals surface area contributed by atoms with E-state index in [1.165, 1.54) is 5.56 Å². The van der Waals surface area contributed by atoms with Gasteiger partial charge in [-0.1, -0.05) is 50.8 Å². The third kappa shape index (κ3) is 4.76. The standard InChI is InChI=1S/C15H24O2Si/c1-5-13-7-9-14(10-8-13)15(6-2)17-18-12(3)11-16-4/h5,7-10,12,15H,1,6,11,18H2,2-4H3. The van der Waals surface area contributed by atoms with Crippen LogP contribution in [0.4, 0.5) is 0 Å². The molecule has 0 aliphatic rings. The molecule has 3 heteroatoms. The van der Waals surface area contributed by atoms with Crippen LogP contribution in [0, 0.1) is 0 Å². The van der Waals surface area contributed by atoms with Crippen molar-refractivity contribution in [2.24, 2.45) is 0 Å². The Bertz CT molecular complexity index is 348. The second kappa shape index (κ2) is 8.24. The van der Waals surface area contributed by atoms with E-state index in [1.807, 2.05) is 6.08 Å². The third-order valence-corrected chi connectivity index (χ3v) is 4.35. The van der Waals surface area contributed by atoms with Gasteiger partial charge in [-0.2, -0.15) is 0 Å². The molecular formula is C15H24O2Si. The summed E-state index contributed by atoms with van der Waals surface area (Å²) in [6, 6.07) is 8.46. The first-order valence-electron chi connectivity index (χ1n) is 6.54. The largest absolute Gasteiger partial charge is 0.417 e. The molecule has 0 aromatic heterocycles. The smallest absolute Gasteiger partial charge is 0.167 e. The van der Waals surface area contributed by atoms with Crippen molar-refractivity contribution in [1.29, 1.82) is 0 Å². The first-order valence-corrected chi connectivity index (χ1v) is 7.93. The first kappa shape index (κ1) is 15.2. The normalized spacial score (nSPS) is 14.8. The molecule has 0 aliphatic carbocycles. The van der Waals surface area contributed by atoms with E-state index in [4.69, 9.17) is 9.16 Å². The van der Waals surface area contributed by atoms with Crippen LogP contribution in [-0.2, 0) is 9.16 Å². The molecule has 0 radical (unpaired) electrons. The lowest BCUT2D eigenvalue weighted by Crippen LogP contribution is -2.14. The fraction of sp³-hybridized carbons (Fsp3) is 0.467. The van der Waals surface area contributed by atoms with E-state index >= 15 is 0 Å². The SMILES string of the molecule is C=Cc1ccc(C(CC)O[SiH2]C(C)COC)cc1. The summed E-state index contributed by atoms with van der Waals surface area (Å²) in [4.78, 5) is 0. The predicted octanol–water partition coefficient (Wildman–Crippen LogP) is 3.34. The molecule has 1 aromatic carbocycles. The molecule has 1 aromatic rings. The van der Waals surface area contributed by atoms with Crippen molar-refractivity contribution < 1.29 is 9.16 Å². The lowest BCUT2D eigenvalue weighted by Gasteiger charge is -2.19. The Labute approximate surface area is 113 Å². The average molecular weight is 264 g/mol. The Morgan fingerprint density at radius 1 is 1.33 bits per heavy atom. The summed E-state index contributed by atoms with van der Waals surface area (Å²) in [7, 11) is 1.21. The van der Waals surface area contributed by atoms with E-state index in [2.05, 4.69) is 44.7 Å². The van der Waals surface area contributed by atoms with E-state index in [9.17, 15) is 0 Å². The van der Waals surface area contributed by atoms with Crippen molar-refractivity contribution in [1.82, 2.24) is 0 Å². The number of ether oxygens (including phenoxy) is 1. The molecule has 2 atom stereocenters. The van der Waals surface area contributed by atoms with Crippen molar-refractivity contribution in [2.45, 2.75) is 31.9 Å². The van der Waals surface area contributed by atoms with Crippen molar-refractivity contribution in [3.8, 4) is 0 Å². The molecule has 0 bridgehead atoms. The molecule has 2 nitrogen and oxygen atoms in total. The van der Waals surface area contributed by atoms with Crippen LogP contribution < -0.4 is 0 Å². The van der Waals surface area contributed by atoms with Gasteiger partial charge < -0.3 is 9.16 Å². The minimum Gasteiger partial charge on any atom is -0.417 e. The maximum Gasteiger partial charge on any atom is 0.167 e. The predicted molar refractivity (Wildman–Crippen MR) is 80.5 cm³/mol. The van der Waals surface area contributed by atoms with Gasteiger partial charge in [0.15, 0.2) is 9.76 Å². The first-order chi connectivity index (χ1) is 8.71. The van der Waals surface area contributed by atoms with E-state index < -0.39 is 9.76 Å². The lowest BCUT2D eigenvalue weighted by molar-refractivity contribution is 0.175. The van der Waals surface area contributed by atoms with Crippen LogP contribution in [0.1, 0.15) is 37.5 Å². The minimum absolute atomic E-state index is 0.231. The van der Waals surface area contributed by atoms with E-state index in [1.54, 1.807) is 7.11 Å². The molecule has 0 saturated heterocycles. The van der Waals surface area contributed by atoms with Gasteiger partial charge in [0.1, 0.15) is 0 Å². The Morgan fingerprint density at radius 3 is 2.50 bits per heavy atom. The van der Waals surface area contributed by atoms with Gasteiger partial charge in [-0.3, -0.25) is 0 Å². The van der Waals surface area contributed by atoms with Gasteiger partial charge in [0.25, 0.3) is 0 Å². The van der Waals surface area contributed by atoms with Crippen molar-refractivity contribution in [3.05, 3.63) is 42.0 Å². The number of hydrogen-bond donors (Lipinski definition) is 0. The molecule has 2 unspecified atom stereocenters. The zero-order valence-electron chi connectivity index (χ0n) is 11.7. The van der Waals surface area contributed by atoms with Gasteiger partial charge in [-0.25, -0.2) is 0 Å². The Kier molecular flexibility index (Phi) is 6.94. The summed E-state index contributed by atoms with van der Waals surface area (Å²) in [5.41, 5.74) is 2.98. The van der Waals surface area contributed by atoms with Gasteiger partial charge in [0.05, 0.1) is 6.10 Å². The highest BCUT2D eigenvalue weighted by atomic mass is 28.2. The molecular weight excluding hydrogens is 240 g/mol. The van der Waals surface area contributed by atoms with Gasteiger partial charge in [0, 0.05) is 13.7 Å². The summed E-state index contributed by atoms with van der Waals surface area (Å²) in [6.45, 7) is 8.94. The second-order valence-corrected chi connectivity index (χ2v) is 6.72. The highest BCUT2D eigenvalue weighted by Crippen LogP contribution is 2.22. The van der Waals surface area contributed by atoms with Gasteiger partial charge in [-0.05, 0) is 23.1 Å². The number of hydrogen-bond acceptors (Lipinski definition) is 2. The molecule has 0 spiro atoms. The highest BCUT2D eigenvalue weighted by Gasteiger charge is 2.12. The average Bonchev–Trinajstić information content (AvgIpc) is 2.40. The Hall–Kier alpha value is -0.903. The second-order valence-electron chi connectivity index (χ2n) is 4.66. The maximum atomic E-state index is 6.10. The Balaban J connectivity index is 2.56. The number of rotatable bonds is 8. The molecule has 0 fully saturated rings. The molecule has 0 N–H and O–H groups in total. The van der Waals surface area contributed by atoms with Crippen LogP contribution in [0.2, 0.25) is 5.54 Å². The van der Waals surface area contributed by atoms with Gasteiger partial charge in [-0.15, -0.1) is 0 Å². The Morgan fingerprint density at radius 2 is 2.00 bits per heavy atom. The maximum absolute atomic E-state index is 6.10. The third-order valence-electron chi connectivity index (χ3n) is 2.95. The molecule has 0 saturated carbocycles. The van der Waals surface area contributed by atoms with Crippen molar-refractivity contribution in [3.63, 3.8) is 0 Å². The molecule has 100 valence electrons. The zero-order chi connectivity index (χ0) is 13.4. The molecule has 1 rings (SSSR count). The van der Waals surface area contributed by atoms with Crippen LogP contribution in [0.3, 0.4) is 0 Å². The van der Waals surface area contributed by atoms with E-state index in [0.29, 0.717) is 5.54 Å². The summed E-state index contributed by atoms with van der Waals surface area (Å²) >= 11 is 0. The quantitative estimate of drug-likeness (QED) is 0.671. The fourth-order valence-electron chi connectivity index (χ4n) is 1.91. The number of methoxy groups -OCH3 is 1. The monoisotopic (exact) mass is 264 g/mol. The molecule has 0 heterocycles. The van der Waals surface area contributed by atoms with Crippen LogP contribution in [0.5, 0.6) is 0 Å². The summed E-state index contributed by atoms with van der Waals surface area (Å²) in [5.74, 6) is 0. The van der Waals surface area contributed by atoms with Gasteiger partial charge >= 0.3 is 0 Å². The van der Waals surface area contributed by atoms with Crippen LogP contribution in [0.15, 0.2) is 30.8 Å². The minimum atomic E-state index is -0.538. The fourth-order valence-corrected chi connectivity index (χ4v) is 3.23. The summed E-state index contributed by atoms with van der Waals surface area (Å²) < 4.78 is 11.2. The van der Waals surface area contributed by atoms with Crippen molar-refractivity contribution in [2.75, 3.05) is 13.7 Å². The van der Waals surface area contributed by atoms with E-state index in [0.717, 1.165) is 18.6 Å². The summed E-state index contributed by atoms with van der Waals surface area (Å²) in [5, 5.41) is 0. The lowest BCUT2D eigenvalue weighted by atomic mass is 10.1.